The van der Waals surface area contributed by atoms with E-state index in [0.29, 0.717) is 0 Å². The van der Waals surface area contributed by atoms with Crippen molar-refractivity contribution in [3.05, 3.63) is 19.9 Å². The molecule has 4 heteroatoms. The van der Waals surface area contributed by atoms with E-state index in [9.17, 15) is 4.79 Å². The fourth-order valence-corrected chi connectivity index (χ4v) is 3.32. The van der Waals surface area contributed by atoms with Crippen molar-refractivity contribution in [1.29, 1.82) is 0 Å². The molecule has 0 amide bonds. The van der Waals surface area contributed by atoms with E-state index in [1.54, 1.807) is 0 Å². The number of halogens is 1. The Morgan fingerprint density at radius 2 is 2.40 bits per heavy atom. The van der Waals surface area contributed by atoms with Gasteiger partial charge >= 0.3 is 72.6 Å². The minimum absolute atomic E-state index is 0.186. The van der Waals surface area contributed by atoms with E-state index >= 15 is 0 Å². The van der Waals surface area contributed by atoms with Gasteiger partial charge in [0.25, 0.3) is 0 Å². The van der Waals surface area contributed by atoms with E-state index in [0.717, 1.165) is 7.78 Å². The van der Waals surface area contributed by atoms with Gasteiger partial charge in [-0.2, -0.15) is 0 Å². The average Bonchev–Trinajstić information content (AvgIpc) is 2.13. The molecule has 0 fully saturated rings. The third-order valence-corrected chi connectivity index (χ3v) is 3.89. The second-order valence-electron chi connectivity index (χ2n) is 1.78. The summed E-state index contributed by atoms with van der Waals surface area (Å²) in [6.45, 7) is 0. The van der Waals surface area contributed by atoms with E-state index < -0.39 is 5.97 Å². The van der Waals surface area contributed by atoms with Crippen LogP contribution in [-0.4, -0.2) is 25.6 Å². The van der Waals surface area contributed by atoms with Crippen molar-refractivity contribution in [2.24, 2.45) is 0 Å². The third kappa shape index (κ3) is 2.29. The fraction of sp³-hybridized carbons (Fsp3) is 0.167. The summed E-state index contributed by atoms with van der Waals surface area (Å²) in [6.07, 6.45) is 0.186. The van der Waals surface area contributed by atoms with E-state index in [-0.39, 0.29) is 20.9 Å². The van der Waals surface area contributed by atoms with Gasteiger partial charge in [0.1, 0.15) is 0 Å². The van der Waals surface area contributed by atoms with Gasteiger partial charge in [-0.3, -0.25) is 0 Å². The van der Waals surface area contributed by atoms with Gasteiger partial charge in [0.2, 0.25) is 0 Å². The Morgan fingerprint density at radius 1 is 1.70 bits per heavy atom. The van der Waals surface area contributed by atoms with Crippen molar-refractivity contribution >= 4 is 36.4 Å². The van der Waals surface area contributed by atoms with Crippen LogP contribution in [0.5, 0.6) is 0 Å². The molecule has 0 aliphatic heterocycles. The molecular weight excluding hydrogens is 263 g/mol. The summed E-state index contributed by atoms with van der Waals surface area (Å²) in [6, 6.07) is 3.79. The first-order valence-corrected chi connectivity index (χ1v) is 5.15. The molecule has 1 rings (SSSR count). The second-order valence-corrected chi connectivity index (χ2v) is 6.26. The van der Waals surface area contributed by atoms with Crippen molar-refractivity contribution in [1.82, 2.24) is 0 Å². The molecule has 1 heterocycles. The predicted octanol–water partition coefficient (Wildman–Crippen LogP) is 1.13. The standard InChI is InChI=1S/C6H5BrO2Se/c7-5-2-1-4(10-5)3-6(8)9/h1-2H,3H2,(H,8,9). The predicted molar refractivity (Wildman–Crippen MR) is 42.4 cm³/mol. The van der Waals surface area contributed by atoms with Gasteiger partial charge in [-0.05, 0) is 0 Å². The molecule has 0 aliphatic carbocycles. The van der Waals surface area contributed by atoms with Gasteiger partial charge in [0.15, 0.2) is 0 Å². The van der Waals surface area contributed by atoms with Crippen molar-refractivity contribution in [3.63, 3.8) is 0 Å². The molecule has 1 aromatic rings. The topological polar surface area (TPSA) is 37.3 Å². The van der Waals surface area contributed by atoms with Gasteiger partial charge in [-0.1, -0.05) is 0 Å². The maximum absolute atomic E-state index is 10.2. The van der Waals surface area contributed by atoms with E-state index in [1.165, 1.54) is 0 Å². The quantitative estimate of drug-likeness (QED) is 0.816. The monoisotopic (exact) mass is 268 g/mol. The molecular formula is C6H5BrO2Se. The molecule has 54 valence electrons. The number of carbonyl (C=O) groups is 1. The first kappa shape index (κ1) is 8.05. The fourth-order valence-electron chi connectivity index (χ4n) is 0.596. The molecule has 2 nitrogen and oxygen atoms in total. The molecule has 0 aromatic carbocycles. The van der Waals surface area contributed by atoms with E-state index in [2.05, 4.69) is 15.9 Å². The molecule has 0 aliphatic rings. The Bertz CT molecular complexity index is 244. The SMILES string of the molecule is O=C(O)Cc1ccc(Br)[se]1. The van der Waals surface area contributed by atoms with Crippen molar-refractivity contribution < 1.29 is 9.90 Å². The number of carboxylic acids is 1. The zero-order valence-corrected chi connectivity index (χ0v) is 8.30. The Balaban J connectivity index is 2.67. The molecule has 0 atom stereocenters. The van der Waals surface area contributed by atoms with Crippen molar-refractivity contribution in [3.8, 4) is 0 Å². The van der Waals surface area contributed by atoms with Crippen LogP contribution < -0.4 is 0 Å². The molecule has 1 N–H and O–H groups in total. The van der Waals surface area contributed by atoms with Crippen LogP contribution in [0.3, 0.4) is 0 Å². The molecule has 0 unspecified atom stereocenters. The molecule has 0 spiro atoms. The van der Waals surface area contributed by atoms with Crippen LogP contribution in [0.25, 0.3) is 0 Å². The Kier molecular flexibility index (Phi) is 2.71. The maximum atomic E-state index is 10.2. The summed E-state index contributed by atoms with van der Waals surface area (Å²) in [4.78, 5) is 10.2. The molecule has 0 radical (unpaired) electrons. The normalized spacial score (nSPS) is 9.70. The number of aliphatic carboxylic acids is 1. The van der Waals surface area contributed by atoms with Crippen LogP contribution in [-0.2, 0) is 11.2 Å². The summed E-state index contributed by atoms with van der Waals surface area (Å²) in [5.74, 6) is -0.747. The van der Waals surface area contributed by atoms with Crippen LogP contribution in [0, 0.1) is 0 Å². The first-order chi connectivity index (χ1) is 4.68. The van der Waals surface area contributed by atoms with E-state index in [1.807, 2.05) is 12.1 Å². The van der Waals surface area contributed by atoms with Gasteiger partial charge < -0.3 is 0 Å². The zero-order valence-electron chi connectivity index (χ0n) is 5.00. The number of hydrogen-bond donors (Lipinski definition) is 1. The minimum atomic E-state index is -0.747. The van der Waals surface area contributed by atoms with Crippen LogP contribution in [0.1, 0.15) is 4.44 Å². The summed E-state index contributed by atoms with van der Waals surface area (Å²) < 4.78 is 2.14. The van der Waals surface area contributed by atoms with Gasteiger partial charge in [-0.15, -0.1) is 0 Å². The van der Waals surface area contributed by atoms with Crippen LogP contribution >= 0.6 is 15.9 Å². The summed E-state index contributed by atoms with van der Waals surface area (Å²) >= 11 is 3.55. The first-order valence-electron chi connectivity index (χ1n) is 2.64. The molecule has 0 saturated carbocycles. The molecule has 0 saturated heterocycles. The Morgan fingerprint density at radius 3 is 2.80 bits per heavy atom. The Labute approximate surface area is 72.7 Å². The van der Waals surface area contributed by atoms with Crippen LogP contribution in [0.4, 0.5) is 0 Å². The number of rotatable bonds is 2. The molecule has 1 aromatic heterocycles. The molecule has 10 heavy (non-hydrogen) atoms. The van der Waals surface area contributed by atoms with Gasteiger partial charge in [0.05, 0.1) is 0 Å². The van der Waals surface area contributed by atoms with Gasteiger partial charge in [-0.25, -0.2) is 0 Å². The Hall–Kier alpha value is -0.0505. The van der Waals surface area contributed by atoms with E-state index in [4.69, 9.17) is 5.11 Å². The van der Waals surface area contributed by atoms with Crippen LogP contribution in [0.2, 0.25) is 0 Å². The number of hydrogen-bond acceptors (Lipinski definition) is 1. The zero-order chi connectivity index (χ0) is 7.56. The average molecular weight is 268 g/mol. The van der Waals surface area contributed by atoms with Gasteiger partial charge in [0, 0.05) is 0 Å². The second kappa shape index (κ2) is 3.37. The summed E-state index contributed by atoms with van der Waals surface area (Å²) in [7, 11) is 0. The van der Waals surface area contributed by atoms with Crippen LogP contribution in [0.15, 0.2) is 15.5 Å². The number of carboxylic acid groups (broad SMARTS) is 1. The van der Waals surface area contributed by atoms with Crippen molar-refractivity contribution in [2.45, 2.75) is 6.42 Å². The summed E-state index contributed by atoms with van der Waals surface area (Å²) in [5.41, 5.74) is 0. The van der Waals surface area contributed by atoms with Crippen molar-refractivity contribution in [2.75, 3.05) is 0 Å². The summed E-state index contributed by atoms with van der Waals surface area (Å²) in [5, 5.41) is 8.39. The molecule has 0 bridgehead atoms. The third-order valence-electron chi connectivity index (χ3n) is 0.954.